The highest BCUT2D eigenvalue weighted by molar-refractivity contribution is 7.87. The van der Waals surface area contributed by atoms with Crippen molar-refractivity contribution in [1.82, 2.24) is 0 Å². The molecule has 8 heteroatoms. The van der Waals surface area contributed by atoms with Crippen LogP contribution in [0.1, 0.15) is 6.42 Å². The van der Waals surface area contributed by atoms with Gasteiger partial charge in [0.15, 0.2) is 0 Å². The molecule has 0 aromatic rings. The first kappa shape index (κ1) is 14.4. The molecule has 0 aromatic carbocycles. The third-order valence-electron chi connectivity index (χ3n) is 1.19. The van der Waals surface area contributed by atoms with Gasteiger partial charge < -0.3 is 4.74 Å². The fourth-order valence-corrected chi connectivity index (χ4v) is 1.03. The van der Waals surface area contributed by atoms with E-state index >= 15 is 0 Å². The molecule has 0 saturated heterocycles. The Bertz CT molecular complexity index is 283. The summed E-state index contributed by atoms with van der Waals surface area (Å²) in [6.07, 6.45) is 1.52. The first-order valence-electron chi connectivity index (χ1n) is 3.95. The summed E-state index contributed by atoms with van der Waals surface area (Å²) < 4.78 is 64.3. The maximum absolute atomic E-state index is 11.7. The van der Waals surface area contributed by atoms with Gasteiger partial charge >= 0.3 is 15.6 Å². The number of halogens is 3. The summed E-state index contributed by atoms with van der Waals surface area (Å²) in [6, 6.07) is 0. The molecule has 0 aromatic heterocycles. The van der Waals surface area contributed by atoms with Gasteiger partial charge in [0.1, 0.15) is 0 Å². The van der Waals surface area contributed by atoms with Crippen molar-refractivity contribution in [2.75, 3.05) is 19.8 Å². The van der Waals surface area contributed by atoms with Crippen LogP contribution in [0.3, 0.4) is 0 Å². The van der Waals surface area contributed by atoms with Crippen molar-refractivity contribution in [3.63, 3.8) is 0 Å². The summed E-state index contributed by atoms with van der Waals surface area (Å²) in [5.74, 6) is 0. The zero-order valence-electron chi connectivity index (χ0n) is 7.79. The highest BCUT2D eigenvalue weighted by atomic mass is 32.2. The molecule has 0 fully saturated rings. The summed E-state index contributed by atoms with van der Waals surface area (Å²) >= 11 is 0. The fourth-order valence-electron chi connectivity index (χ4n) is 0.563. The van der Waals surface area contributed by atoms with E-state index in [1.807, 2.05) is 0 Å². The van der Waals surface area contributed by atoms with E-state index in [-0.39, 0.29) is 19.6 Å². The van der Waals surface area contributed by atoms with Gasteiger partial charge in [0, 0.05) is 6.61 Å². The molecule has 0 heterocycles. The van der Waals surface area contributed by atoms with Crippen LogP contribution in [0, 0.1) is 0 Å². The van der Waals surface area contributed by atoms with Crippen molar-refractivity contribution in [2.24, 2.45) is 0 Å². The van der Waals surface area contributed by atoms with Crippen LogP contribution in [0.5, 0.6) is 0 Å². The fraction of sp³-hybridized carbons (Fsp3) is 0.714. The molecule has 0 N–H and O–H groups in total. The maximum atomic E-state index is 11.7. The molecular weight excluding hydrogens is 237 g/mol. The van der Waals surface area contributed by atoms with Gasteiger partial charge in [-0.1, -0.05) is 6.08 Å². The molecule has 0 atom stereocenters. The minimum absolute atomic E-state index is 0.0587. The van der Waals surface area contributed by atoms with Crippen molar-refractivity contribution in [2.45, 2.75) is 11.9 Å². The lowest BCUT2D eigenvalue weighted by molar-refractivity contribution is -0.0545. The SMILES string of the molecule is C=CCOCCCOS(=O)(=O)C(F)(F)F. The van der Waals surface area contributed by atoms with Gasteiger partial charge in [-0.05, 0) is 6.42 Å². The number of ether oxygens (including phenoxy) is 1. The maximum Gasteiger partial charge on any atom is 0.523 e. The molecule has 0 unspecified atom stereocenters. The van der Waals surface area contributed by atoms with Gasteiger partial charge in [0.05, 0.1) is 13.2 Å². The number of rotatable bonds is 7. The van der Waals surface area contributed by atoms with Crippen molar-refractivity contribution in [1.29, 1.82) is 0 Å². The van der Waals surface area contributed by atoms with Crippen LogP contribution in [0.15, 0.2) is 12.7 Å². The lowest BCUT2D eigenvalue weighted by Crippen LogP contribution is -2.26. The van der Waals surface area contributed by atoms with Crippen molar-refractivity contribution in [3.05, 3.63) is 12.7 Å². The van der Waals surface area contributed by atoms with E-state index in [1.54, 1.807) is 0 Å². The van der Waals surface area contributed by atoms with E-state index in [4.69, 9.17) is 4.74 Å². The zero-order chi connectivity index (χ0) is 11.9. The standard InChI is InChI=1S/C7H11F3O4S/c1-2-4-13-5-3-6-14-15(11,12)7(8,9)10/h2H,1,3-6H2. The Hall–Kier alpha value is -0.600. The Balaban J connectivity index is 3.73. The van der Waals surface area contributed by atoms with Gasteiger partial charge in [0.2, 0.25) is 0 Å². The van der Waals surface area contributed by atoms with Gasteiger partial charge in [-0.3, -0.25) is 4.18 Å². The molecule has 4 nitrogen and oxygen atoms in total. The topological polar surface area (TPSA) is 52.6 Å². The average Bonchev–Trinajstić information content (AvgIpc) is 2.09. The van der Waals surface area contributed by atoms with Crippen LogP contribution in [-0.4, -0.2) is 33.7 Å². The molecule has 0 aliphatic carbocycles. The molecule has 90 valence electrons. The second-order valence-electron chi connectivity index (χ2n) is 2.44. The Morgan fingerprint density at radius 3 is 2.33 bits per heavy atom. The highest BCUT2D eigenvalue weighted by Crippen LogP contribution is 2.24. The molecule has 0 saturated carbocycles. The van der Waals surface area contributed by atoms with Crippen molar-refractivity contribution >= 4 is 10.1 Å². The normalized spacial score (nSPS) is 12.7. The largest absolute Gasteiger partial charge is 0.523 e. The second kappa shape index (κ2) is 6.09. The molecule has 15 heavy (non-hydrogen) atoms. The van der Waals surface area contributed by atoms with Crippen molar-refractivity contribution < 1.29 is 30.5 Å². The Labute approximate surface area is 85.8 Å². The third-order valence-corrected chi connectivity index (χ3v) is 2.23. The molecule has 0 radical (unpaired) electrons. The lowest BCUT2D eigenvalue weighted by atomic mass is 10.5. The quantitative estimate of drug-likeness (QED) is 0.296. The van der Waals surface area contributed by atoms with Crippen LogP contribution < -0.4 is 0 Å². The second-order valence-corrected chi connectivity index (χ2v) is 4.05. The summed E-state index contributed by atoms with van der Waals surface area (Å²) in [4.78, 5) is 0. The summed E-state index contributed by atoms with van der Waals surface area (Å²) in [7, 11) is -5.47. The molecule has 0 aliphatic heterocycles. The van der Waals surface area contributed by atoms with E-state index in [0.717, 1.165) is 0 Å². The Morgan fingerprint density at radius 2 is 1.87 bits per heavy atom. The predicted octanol–water partition coefficient (Wildman–Crippen LogP) is 1.45. The van der Waals surface area contributed by atoms with Crippen molar-refractivity contribution in [3.8, 4) is 0 Å². The zero-order valence-corrected chi connectivity index (χ0v) is 8.60. The molecular formula is C7H11F3O4S. The van der Waals surface area contributed by atoms with Gasteiger partial charge in [-0.25, -0.2) is 0 Å². The molecule has 0 aliphatic rings. The number of hydrogen-bond acceptors (Lipinski definition) is 4. The van der Waals surface area contributed by atoms with Crippen LogP contribution in [0.4, 0.5) is 13.2 Å². The van der Waals surface area contributed by atoms with Crippen LogP contribution in [-0.2, 0) is 19.0 Å². The smallest absolute Gasteiger partial charge is 0.377 e. The first-order chi connectivity index (χ1) is 6.81. The molecule has 0 amide bonds. The molecule has 0 bridgehead atoms. The summed E-state index contributed by atoms with van der Waals surface area (Å²) in [5.41, 5.74) is -5.37. The van der Waals surface area contributed by atoms with E-state index in [0.29, 0.717) is 0 Å². The van der Waals surface area contributed by atoms with E-state index in [1.165, 1.54) is 6.08 Å². The van der Waals surface area contributed by atoms with E-state index in [9.17, 15) is 21.6 Å². The third kappa shape index (κ3) is 5.75. The van der Waals surface area contributed by atoms with Crippen LogP contribution >= 0.6 is 0 Å². The van der Waals surface area contributed by atoms with Gasteiger partial charge in [-0.2, -0.15) is 21.6 Å². The minimum Gasteiger partial charge on any atom is -0.377 e. The van der Waals surface area contributed by atoms with Crippen LogP contribution in [0.2, 0.25) is 0 Å². The van der Waals surface area contributed by atoms with Gasteiger partial charge in [0.25, 0.3) is 0 Å². The van der Waals surface area contributed by atoms with E-state index in [2.05, 4.69) is 10.8 Å². The monoisotopic (exact) mass is 248 g/mol. The van der Waals surface area contributed by atoms with E-state index < -0.39 is 22.2 Å². The number of hydrogen-bond donors (Lipinski definition) is 0. The first-order valence-corrected chi connectivity index (χ1v) is 5.36. The summed E-state index contributed by atoms with van der Waals surface area (Å²) in [6.45, 7) is 3.16. The predicted molar refractivity (Wildman–Crippen MR) is 46.6 cm³/mol. The molecule has 0 spiro atoms. The number of alkyl halides is 3. The van der Waals surface area contributed by atoms with Gasteiger partial charge in [-0.15, -0.1) is 6.58 Å². The Morgan fingerprint density at radius 1 is 1.27 bits per heavy atom. The highest BCUT2D eigenvalue weighted by Gasteiger charge is 2.47. The van der Waals surface area contributed by atoms with Crippen LogP contribution in [0.25, 0.3) is 0 Å². The molecule has 0 rings (SSSR count). The summed E-state index contributed by atoms with van der Waals surface area (Å²) in [5, 5.41) is 0. The lowest BCUT2D eigenvalue weighted by Gasteiger charge is -2.07. The Kier molecular flexibility index (Phi) is 5.84. The average molecular weight is 248 g/mol. The minimum atomic E-state index is -5.47.